The van der Waals surface area contributed by atoms with Crippen LogP contribution in [0.15, 0.2) is 48.5 Å². The van der Waals surface area contributed by atoms with Crippen molar-refractivity contribution in [2.45, 2.75) is 20.4 Å². The van der Waals surface area contributed by atoms with E-state index in [1.165, 1.54) is 11.3 Å². The van der Waals surface area contributed by atoms with Gasteiger partial charge in [-0.05, 0) is 35.7 Å². The molecule has 1 aliphatic heterocycles. The Bertz CT molecular complexity index is 766. The van der Waals surface area contributed by atoms with Gasteiger partial charge in [-0.25, -0.2) is 0 Å². The molecule has 28 heavy (non-hydrogen) atoms. The Hall–Kier alpha value is -2.53. The lowest BCUT2D eigenvalue weighted by atomic mass is 10.1. The van der Waals surface area contributed by atoms with E-state index in [0.717, 1.165) is 44.0 Å². The average Bonchev–Trinajstić information content (AvgIpc) is 2.73. The molecular formula is C23H31N3O2. The van der Waals surface area contributed by atoms with Gasteiger partial charge >= 0.3 is 0 Å². The van der Waals surface area contributed by atoms with Crippen LogP contribution in [0.25, 0.3) is 0 Å². The van der Waals surface area contributed by atoms with E-state index >= 15 is 0 Å². The molecule has 150 valence electrons. The van der Waals surface area contributed by atoms with Crippen molar-refractivity contribution in [2.75, 3.05) is 44.7 Å². The summed E-state index contributed by atoms with van der Waals surface area (Å²) in [5.74, 6) is 1.39. The maximum Gasteiger partial charge on any atom is 0.251 e. The summed E-state index contributed by atoms with van der Waals surface area (Å²) in [6, 6.07) is 16.2. The molecule has 0 aromatic heterocycles. The van der Waals surface area contributed by atoms with Crippen LogP contribution in [-0.2, 0) is 6.54 Å². The van der Waals surface area contributed by atoms with Gasteiger partial charge in [-0.3, -0.25) is 9.69 Å². The van der Waals surface area contributed by atoms with Gasteiger partial charge in [0.2, 0.25) is 0 Å². The molecule has 1 aliphatic rings. The Labute approximate surface area is 168 Å². The Morgan fingerprint density at radius 3 is 2.36 bits per heavy atom. The molecule has 3 rings (SSSR count). The van der Waals surface area contributed by atoms with Crippen LogP contribution in [0.3, 0.4) is 0 Å². The van der Waals surface area contributed by atoms with E-state index in [-0.39, 0.29) is 5.91 Å². The topological polar surface area (TPSA) is 44.8 Å². The van der Waals surface area contributed by atoms with Crippen molar-refractivity contribution in [1.82, 2.24) is 10.2 Å². The number of carbonyl (C=O) groups excluding carboxylic acids is 1. The third kappa shape index (κ3) is 5.26. The highest BCUT2D eigenvalue weighted by Crippen LogP contribution is 2.28. The Morgan fingerprint density at radius 2 is 1.71 bits per heavy atom. The Balaban J connectivity index is 1.51. The summed E-state index contributed by atoms with van der Waals surface area (Å²) in [7, 11) is 1.72. The summed E-state index contributed by atoms with van der Waals surface area (Å²) < 4.78 is 5.49. The molecule has 1 N–H and O–H groups in total. The average molecular weight is 382 g/mol. The number of hydrogen-bond donors (Lipinski definition) is 1. The number of amides is 1. The summed E-state index contributed by atoms with van der Waals surface area (Å²) in [6.07, 6.45) is 0. The van der Waals surface area contributed by atoms with Crippen LogP contribution in [0.5, 0.6) is 5.75 Å². The van der Waals surface area contributed by atoms with E-state index in [9.17, 15) is 4.79 Å². The standard InChI is InChI=1S/C23H31N3O2/c1-18(2)16-24-23(27)20-10-8-19(9-11-20)17-25-12-14-26(15-13-25)21-6-4-5-7-22(21)28-3/h4-11,18H,12-17H2,1-3H3,(H,24,27). The second-order valence-electron chi connectivity index (χ2n) is 7.74. The van der Waals surface area contributed by atoms with E-state index in [1.54, 1.807) is 7.11 Å². The number of para-hydroxylation sites is 2. The fraction of sp³-hybridized carbons (Fsp3) is 0.435. The number of benzene rings is 2. The Morgan fingerprint density at radius 1 is 1.04 bits per heavy atom. The number of rotatable bonds is 7. The molecule has 0 aliphatic carbocycles. The van der Waals surface area contributed by atoms with Gasteiger partial charge in [0.25, 0.3) is 5.91 Å². The third-order valence-corrected chi connectivity index (χ3v) is 5.09. The second kappa shape index (κ2) is 9.60. The van der Waals surface area contributed by atoms with Crippen LogP contribution >= 0.6 is 0 Å². The minimum atomic E-state index is 0.00525. The fourth-order valence-electron chi connectivity index (χ4n) is 3.46. The van der Waals surface area contributed by atoms with Gasteiger partial charge in [-0.15, -0.1) is 0 Å². The molecule has 2 aromatic carbocycles. The summed E-state index contributed by atoms with van der Waals surface area (Å²) in [4.78, 5) is 17.0. The zero-order valence-electron chi connectivity index (χ0n) is 17.1. The van der Waals surface area contributed by atoms with Crippen LogP contribution in [-0.4, -0.2) is 50.6 Å². The van der Waals surface area contributed by atoms with Gasteiger partial charge in [0.1, 0.15) is 5.75 Å². The van der Waals surface area contributed by atoms with Crippen LogP contribution < -0.4 is 15.0 Å². The van der Waals surface area contributed by atoms with E-state index in [4.69, 9.17) is 4.74 Å². The fourth-order valence-corrected chi connectivity index (χ4v) is 3.46. The van der Waals surface area contributed by atoms with Crippen LogP contribution in [0.2, 0.25) is 0 Å². The van der Waals surface area contributed by atoms with Gasteiger partial charge in [-0.1, -0.05) is 38.1 Å². The normalized spacial score (nSPS) is 14.9. The number of nitrogens with zero attached hydrogens (tertiary/aromatic N) is 2. The van der Waals surface area contributed by atoms with Crippen molar-refractivity contribution in [3.8, 4) is 5.75 Å². The lowest BCUT2D eigenvalue weighted by molar-refractivity contribution is 0.0949. The first-order valence-corrected chi connectivity index (χ1v) is 10.0. The highest BCUT2D eigenvalue weighted by molar-refractivity contribution is 5.94. The molecule has 0 atom stereocenters. The summed E-state index contributed by atoms with van der Waals surface area (Å²) in [5, 5.41) is 2.96. The number of nitrogens with one attached hydrogen (secondary N) is 1. The van der Waals surface area contributed by atoms with E-state index in [0.29, 0.717) is 12.5 Å². The molecule has 0 unspecified atom stereocenters. The first-order chi connectivity index (χ1) is 13.6. The molecule has 0 bridgehead atoms. The second-order valence-corrected chi connectivity index (χ2v) is 7.74. The number of anilines is 1. The SMILES string of the molecule is COc1ccccc1N1CCN(Cc2ccc(C(=O)NCC(C)C)cc2)CC1. The lowest BCUT2D eigenvalue weighted by Crippen LogP contribution is -2.46. The smallest absolute Gasteiger partial charge is 0.251 e. The van der Waals surface area contributed by atoms with Gasteiger partial charge in [0, 0.05) is 44.8 Å². The number of methoxy groups -OCH3 is 1. The maximum atomic E-state index is 12.1. The zero-order valence-corrected chi connectivity index (χ0v) is 17.1. The molecule has 1 amide bonds. The maximum absolute atomic E-state index is 12.1. The third-order valence-electron chi connectivity index (χ3n) is 5.09. The number of piperazine rings is 1. The predicted molar refractivity (Wildman–Crippen MR) is 114 cm³/mol. The van der Waals surface area contributed by atoms with Crippen LogP contribution in [0, 0.1) is 5.92 Å². The molecule has 0 saturated carbocycles. The number of carbonyl (C=O) groups is 1. The Kier molecular flexibility index (Phi) is 6.93. The van der Waals surface area contributed by atoms with Crippen molar-refractivity contribution in [2.24, 2.45) is 5.92 Å². The quantitative estimate of drug-likeness (QED) is 0.798. The molecule has 1 fully saturated rings. The summed E-state index contributed by atoms with van der Waals surface area (Å²) in [6.45, 7) is 9.79. The highest BCUT2D eigenvalue weighted by atomic mass is 16.5. The molecule has 2 aromatic rings. The van der Waals surface area contributed by atoms with E-state index in [2.05, 4.69) is 53.2 Å². The molecule has 5 nitrogen and oxygen atoms in total. The van der Waals surface area contributed by atoms with Crippen molar-refractivity contribution >= 4 is 11.6 Å². The molecule has 1 saturated heterocycles. The first kappa shape index (κ1) is 20.2. The van der Waals surface area contributed by atoms with Crippen molar-refractivity contribution < 1.29 is 9.53 Å². The summed E-state index contributed by atoms with van der Waals surface area (Å²) >= 11 is 0. The number of hydrogen-bond acceptors (Lipinski definition) is 4. The van der Waals surface area contributed by atoms with Gasteiger partial charge < -0.3 is 15.0 Å². The summed E-state index contributed by atoms with van der Waals surface area (Å²) in [5.41, 5.74) is 3.14. The molecule has 1 heterocycles. The first-order valence-electron chi connectivity index (χ1n) is 10.0. The lowest BCUT2D eigenvalue weighted by Gasteiger charge is -2.36. The molecule has 0 radical (unpaired) electrons. The van der Waals surface area contributed by atoms with Crippen molar-refractivity contribution in [3.05, 3.63) is 59.7 Å². The van der Waals surface area contributed by atoms with Gasteiger partial charge in [-0.2, -0.15) is 0 Å². The minimum Gasteiger partial charge on any atom is -0.495 e. The monoisotopic (exact) mass is 381 g/mol. The van der Waals surface area contributed by atoms with E-state index < -0.39 is 0 Å². The molecular weight excluding hydrogens is 350 g/mol. The number of ether oxygens (including phenoxy) is 1. The van der Waals surface area contributed by atoms with Crippen LogP contribution in [0.1, 0.15) is 29.8 Å². The van der Waals surface area contributed by atoms with Gasteiger partial charge in [0.05, 0.1) is 12.8 Å². The minimum absolute atomic E-state index is 0.00525. The largest absolute Gasteiger partial charge is 0.495 e. The van der Waals surface area contributed by atoms with E-state index in [1.807, 2.05) is 24.3 Å². The molecule has 0 spiro atoms. The van der Waals surface area contributed by atoms with Crippen molar-refractivity contribution in [1.29, 1.82) is 0 Å². The highest BCUT2D eigenvalue weighted by Gasteiger charge is 2.19. The van der Waals surface area contributed by atoms with Crippen LogP contribution in [0.4, 0.5) is 5.69 Å². The van der Waals surface area contributed by atoms with Gasteiger partial charge in [0.15, 0.2) is 0 Å². The predicted octanol–water partition coefficient (Wildman–Crippen LogP) is 3.40. The zero-order chi connectivity index (χ0) is 19.9. The molecule has 5 heteroatoms. The van der Waals surface area contributed by atoms with Crippen molar-refractivity contribution in [3.63, 3.8) is 0 Å².